The van der Waals surface area contributed by atoms with Crippen LogP contribution in [0.4, 0.5) is 4.39 Å². The summed E-state index contributed by atoms with van der Waals surface area (Å²) in [7, 11) is -3.82. The molecule has 6 nitrogen and oxygen atoms in total. The lowest BCUT2D eigenvalue weighted by atomic mass is 10.2. The molecule has 0 spiro atoms. The van der Waals surface area contributed by atoms with Gasteiger partial charge in [0.2, 0.25) is 0 Å². The van der Waals surface area contributed by atoms with Gasteiger partial charge in [-0.25, -0.2) is 22.6 Å². The molecule has 0 bridgehead atoms. The van der Waals surface area contributed by atoms with Crippen molar-refractivity contribution >= 4 is 27.4 Å². The van der Waals surface area contributed by atoms with Crippen molar-refractivity contribution in [1.29, 1.82) is 0 Å². The number of carbonyl (C=O) groups excluding carboxylic acids is 1. The molecule has 0 saturated carbocycles. The highest BCUT2D eigenvalue weighted by molar-refractivity contribution is 7.90. The summed E-state index contributed by atoms with van der Waals surface area (Å²) in [6.45, 7) is 3.40. The quantitative estimate of drug-likeness (QED) is 0.770. The van der Waals surface area contributed by atoms with Crippen molar-refractivity contribution in [2.45, 2.75) is 24.5 Å². The molecule has 0 amide bonds. The van der Waals surface area contributed by atoms with Crippen LogP contribution in [0.15, 0.2) is 17.0 Å². The summed E-state index contributed by atoms with van der Waals surface area (Å²) < 4.78 is 44.9. The second-order valence-corrected chi connectivity index (χ2v) is 7.37. The lowest BCUT2D eigenvalue weighted by molar-refractivity contribution is 0.0519. The summed E-state index contributed by atoms with van der Waals surface area (Å²) in [6, 6.07) is 2.11. The van der Waals surface area contributed by atoms with Crippen molar-refractivity contribution in [1.82, 2.24) is 9.55 Å². The molecule has 2 aromatic rings. The van der Waals surface area contributed by atoms with Crippen molar-refractivity contribution in [2.24, 2.45) is 0 Å². The number of hydrogen-bond acceptors (Lipinski definition) is 5. The molecule has 2 heterocycles. The number of aryl methyl sites for hydroxylation is 1. The minimum absolute atomic E-state index is 0.0565. The van der Waals surface area contributed by atoms with Gasteiger partial charge in [0.15, 0.2) is 15.5 Å². The van der Waals surface area contributed by atoms with E-state index in [2.05, 4.69) is 4.98 Å². The van der Waals surface area contributed by atoms with Crippen LogP contribution in [0.3, 0.4) is 0 Å². The zero-order chi connectivity index (χ0) is 16.9. The van der Waals surface area contributed by atoms with Crippen LogP contribution in [0.5, 0.6) is 0 Å². The smallest absolute Gasteiger partial charge is 0.358 e. The fraction of sp³-hybridized carbons (Fsp3) is 0.286. The zero-order valence-electron chi connectivity index (χ0n) is 12.3. The van der Waals surface area contributed by atoms with Crippen molar-refractivity contribution in [3.8, 4) is 5.69 Å². The summed E-state index contributed by atoms with van der Waals surface area (Å²) in [5, 5.41) is -0.211. The molecule has 1 aromatic carbocycles. The van der Waals surface area contributed by atoms with E-state index in [1.165, 1.54) is 10.6 Å². The Hall–Kier alpha value is -1.93. The van der Waals surface area contributed by atoms with Gasteiger partial charge in [-0.3, -0.25) is 4.57 Å². The number of benzene rings is 1. The van der Waals surface area contributed by atoms with Crippen LogP contribution in [0.25, 0.3) is 5.69 Å². The number of aromatic nitrogens is 2. The van der Waals surface area contributed by atoms with Crippen LogP contribution in [0, 0.1) is 12.7 Å². The first kappa shape index (κ1) is 15.9. The fourth-order valence-electron chi connectivity index (χ4n) is 2.59. The number of carbonyl (C=O) groups is 1. The second kappa shape index (κ2) is 5.31. The van der Waals surface area contributed by atoms with Crippen LogP contribution in [0.2, 0.25) is 5.02 Å². The Morgan fingerprint density at radius 2 is 2.17 bits per heavy atom. The SMILES string of the molecule is CCOC(=O)c1nc(C)n2c1CS(=O)(=O)c1cc(F)c(Cl)cc1-2. The average molecular weight is 359 g/mol. The Kier molecular flexibility index (Phi) is 3.68. The molecule has 122 valence electrons. The monoisotopic (exact) mass is 358 g/mol. The molecular formula is C14H12ClFN2O4S. The van der Waals surface area contributed by atoms with Crippen LogP contribution in [-0.4, -0.2) is 30.5 Å². The first-order valence-corrected chi connectivity index (χ1v) is 8.76. The van der Waals surface area contributed by atoms with Gasteiger partial charge in [0.25, 0.3) is 0 Å². The highest BCUT2D eigenvalue weighted by atomic mass is 35.5. The molecule has 0 unspecified atom stereocenters. The maximum absolute atomic E-state index is 13.7. The highest BCUT2D eigenvalue weighted by Gasteiger charge is 2.35. The predicted octanol–water partition coefficient (Wildman–Crippen LogP) is 2.44. The maximum Gasteiger partial charge on any atom is 0.358 e. The summed E-state index contributed by atoms with van der Waals surface area (Å²) in [5.41, 5.74) is 0.313. The van der Waals surface area contributed by atoms with E-state index >= 15 is 0 Å². The van der Waals surface area contributed by atoms with E-state index in [-0.39, 0.29) is 33.6 Å². The lowest BCUT2D eigenvalue weighted by Gasteiger charge is -2.21. The first-order valence-electron chi connectivity index (χ1n) is 6.73. The lowest BCUT2D eigenvalue weighted by Crippen LogP contribution is -2.21. The second-order valence-electron chi connectivity index (χ2n) is 5.00. The minimum Gasteiger partial charge on any atom is -0.461 e. The zero-order valence-corrected chi connectivity index (χ0v) is 13.8. The number of nitrogens with zero attached hydrogens (tertiary/aromatic N) is 2. The number of esters is 1. The van der Waals surface area contributed by atoms with E-state index < -0.39 is 27.4 Å². The van der Waals surface area contributed by atoms with E-state index in [0.717, 1.165) is 6.07 Å². The maximum atomic E-state index is 13.7. The van der Waals surface area contributed by atoms with E-state index in [0.29, 0.717) is 5.82 Å². The van der Waals surface area contributed by atoms with E-state index in [1.807, 2.05) is 0 Å². The third kappa shape index (κ3) is 2.42. The average Bonchev–Trinajstić information content (AvgIpc) is 2.77. The van der Waals surface area contributed by atoms with Crippen molar-refractivity contribution in [2.75, 3.05) is 6.61 Å². The Morgan fingerprint density at radius 1 is 1.48 bits per heavy atom. The molecule has 0 fully saturated rings. The molecule has 23 heavy (non-hydrogen) atoms. The molecule has 0 atom stereocenters. The molecule has 0 N–H and O–H groups in total. The Bertz CT molecular complexity index is 937. The van der Waals surface area contributed by atoms with Gasteiger partial charge < -0.3 is 4.74 Å². The third-order valence-corrected chi connectivity index (χ3v) is 5.45. The third-order valence-electron chi connectivity index (χ3n) is 3.51. The highest BCUT2D eigenvalue weighted by Crippen LogP contribution is 2.36. The van der Waals surface area contributed by atoms with Gasteiger partial charge in [0, 0.05) is 0 Å². The van der Waals surface area contributed by atoms with Gasteiger partial charge in [0.05, 0.1) is 33.7 Å². The van der Waals surface area contributed by atoms with Crippen LogP contribution < -0.4 is 0 Å². The standard InChI is InChI=1S/C14H12ClFN2O4S/c1-3-22-14(19)13-11-6-23(20,21)12-5-9(16)8(15)4-10(12)18(11)7(2)17-13/h4-5H,3,6H2,1-2H3. The van der Waals surface area contributed by atoms with Gasteiger partial charge >= 0.3 is 5.97 Å². The van der Waals surface area contributed by atoms with Gasteiger partial charge in [-0.15, -0.1) is 0 Å². The van der Waals surface area contributed by atoms with Crippen LogP contribution in [0.1, 0.15) is 28.9 Å². The minimum atomic E-state index is -3.82. The molecular weight excluding hydrogens is 347 g/mol. The van der Waals surface area contributed by atoms with Gasteiger partial charge in [-0.05, 0) is 26.0 Å². The van der Waals surface area contributed by atoms with Crippen molar-refractivity contribution in [3.05, 3.63) is 40.2 Å². The topological polar surface area (TPSA) is 78.3 Å². The van der Waals surface area contributed by atoms with E-state index in [4.69, 9.17) is 16.3 Å². The van der Waals surface area contributed by atoms with Crippen molar-refractivity contribution in [3.63, 3.8) is 0 Å². The molecule has 0 aliphatic carbocycles. The summed E-state index contributed by atoms with van der Waals surface area (Å²) in [4.78, 5) is 15.9. The fourth-order valence-corrected chi connectivity index (χ4v) is 4.28. The van der Waals surface area contributed by atoms with E-state index in [1.54, 1.807) is 13.8 Å². The first-order chi connectivity index (χ1) is 10.8. The summed E-state index contributed by atoms with van der Waals surface area (Å²) >= 11 is 5.78. The number of sulfone groups is 1. The number of hydrogen-bond donors (Lipinski definition) is 0. The Balaban J connectivity index is 2.33. The van der Waals surface area contributed by atoms with Gasteiger partial charge in [-0.1, -0.05) is 11.6 Å². The number of fused-ring (bicyclic) bond motifs is 3. The molecule has 3 rings (SSSR count). The molecule has 1 aliphatic heterocycles. The normalized spacial score (nSPS) is 15.0. The number of imidazole rings is 1. The molecule has 0 saturated heterocycles. The summed E-state index contributed by atoms with van der Waals surface area (Å²) in [5.74, 6) is -1.59. The molecule has 0 radical (unpaired) electrons. The number of halogens is 2. The Labute approximate surface area is 136 Å². The van der Waals surface area contributed by atoms with Gasteiger partial charge in [0.1, 0.15) is 11.6 Å². The van der Waals surface area contributed by atoms with Gasteiger partial charge in [-0.2, -0.15) is 0 Å². The molecule has 1 aliphatic rings. The molecule has 1 aromatic heterocycles. The largest absolute Gasteiger partial charge is 0.461 e. The number of rotatable bonds is 2. The molecule has 9 heteroatoms. The summed E-state index contributed by atoms with van der Waals surface area (Å²) in [6.07, 6.45) is 0. The predicted molar refractivity (Wildman–Crippen MR) is 80.1 cm³/mol. The van der Waals surface area contributed by atoms with Crippen LogP contribution >= 0.6 is 11.6 Å². The van der Waals surface area contributed by atoms with Crippen LogP contribution in [-0.2, 0) is 20.3 Å². The van der Waals surface area contributed by atoms with Crippen molar-refractivity contribution < 1.29 is 22.3 Å². The number of ether oxygens (including phenoxy) is 1. The van der Waals surface area contributed by atoms with E-state index in [9.17, 15) is 17.6 Å². The Morgan fingerprint density at radius 3 is 2.83 bits per heavy atom.